The summed E-state index contributed by atoms with van der Waals surface area (Å²) >= 11 is 0. The van der Waals surface area contributed by atoms with Gasteiger partial charge in [-0.05, 0) is 38.0 Å². The quantitative estimate of drug-likeness (QED) is 0.138. The molecule has 262 valence electrons. The lowest BCUT2D eigenvalue weighted by atomic mass is 9.90. The molecule has 0 spiro atoms. The number of hydrogen-bond donors (Lipinski definition) is 2. The zero-order valence-corrected chi connectivity index (χ0v) is 27.0. The number of nitrogens with one attached hydrogen (secondary N) is 1. The number of anilines is 1. The number of para-hydroxylation sites is 1. The molecule has 1 fully saturated rings. The number of aliphatic hydroxyl groups excluding tert-OH is 1. The van der Waals surface area contributed by atoms with Crippen LogP contribution in [0.5, 0.6) is 17.2 Å². The first-order valence-corrected chi connectivity index (χ1v) is 15.1. The minimum absolute atomic E-state index is 0.0451. The molecular weight excluding hydrogens is 657 g/mol. The zero-order chi connectivity index (χ0) is 35.7. The third-order valence-corrected chi connectivity index (χ3v) is 8.58. The SMILES string of the molecule is COCCOc1cc(NC(=O)C2=C(O)[C@@]3(C)CCCN3N(Cc3cccc(F)c3F)C2=O)c(-c2cccc(OC)c2OC)cc1C(F)(F)F. The number of methoxy groups -OCH3 is 3. The second-order valence-corrected chi connectivity index (χ2v) is 11.5. The maximum atomic E-state index is 14.7. The van der Waals surface area contributed by atoms with Gasteiger partial charge >= 0.3 is 6.18 Å². The van der Waals surface area contributed by atoms with Gasteiger partial charge in [-0.1, -0.05) is 24.3 Å². The number of fused-ring (bicyclic) bond motifs is 1. The van der Waals surface area contributed by atoms with E-state index in [0.29, 0.717) is 12.8 Å². The molecule has 15 heteroatoms. The predicted octanol–water partition coefficient (Wildman–Crippen LogP) is 6.26. The number of carbonyl (C=O) groups is 2. The van der Waals surface area contributed by atoms with E-state index in [-0.39, 0.29) is 53.6 Å². The van der Waals surface area contributed by atoms with Crippen LogP contribution in [0.25, 0.3) is 11.1 Å². The fourth-order valence-electron chi connectivity index (χ4n) is 6.15. The topological polar surface area (TPSA) is 110 Å². The van der Waals surface area contributed by atoms with Gasteiger partial charge in [0.2, 0.25) is 0 Å². The van der Waals surface area contributed by atoms with E-state index >= 15 is 0 Å². The lowest BCUT2D eigenvalue weighted by molar-refractivity contribution is -0.160. The Labute approximate surface area is 278 Å². The predicted molar refractivity (Wildman–Crippen MR) is 167 cm³/mol. The van der Waals surface area contributed by atoms with E-state index in [4.69, 9.17) is 18.9 Å². The van der Waals surface area contributed by atoms with Gasteiger partial charge in [0, 0.05) is 36.4 Å². The molecule has 0 saturated carbocycles. The van der Waals surface area contributed by atoms with Crippen molar-refractivity contribution in [3.05, 3.63) is 82.6 Å². The van der Waals surface area contributed by atoms with Gasteiger partial charge in [-0.3, -0.25) is 14.6 Å². The molecule has 10 nitrogen and oxygen atoms in total. The maximum Gasteiger partial charge on any atom is 0.419 e. The highest BCUT2D eigenvalue weighted by atomic mass is 19.4. The van der Waals surface area contributed by atoms with Gasteiger partial charge < -0.3 is 29.4 Å². The summed E-state index contributed by atoms with van der Waals surface area (Å²) in [6, 6.07) is 9.71. The van der Waals surface area contributed by atoms with Crippen molar-refractivity contribution in [2.75, 3.05) is 46.4 Å². The minimum atomic E-state index is -4.90. The van der Waals surface area contributed by atoms with Crippen LogP contribution in [0.1, 0.15) is 30.9 Å². The van der Waals surface area contributed by atoms with Crippen molar-refractivity contribution in [2.24, 2.45) is 0 Å². The number of alkyl halides is 3. The van der Waals surface area contributed by atoms with Gasteiger partial charge in [-0.2, -0.15) is 13.2 Å². The van der Waals surface area contributed by atoms with Crippen LogP contribution in [0, 0.1) is 11.6 Å². The molecular formula is C34H34F5N3O7. The molecule has 2 aliphatic heterocycles. The molecule has 2 N–H and O–H groups in total. The average Bonchev–Trinajstić information content (AvgIpc) is 3.47. The number of rotatable bonds is 11. The average molecular weight is 692 g/mol. The molecule has 0 radical (unpaired) electrons. The van der Waals surface area contributed by atoms with E-state index in [9.17, 15) is 36.6 Å². The summed E-state index contributed by atoms with van der Waals surface area (Å²) in [5.41, 5.74) is -3.65. The molecule has 1 atom stereocenters. The number of benzene rings is 3. The van der Waals surface area contributed by atoms with E-state index < -0.39 is 64.4 Å². The molecule has 3 aromatic rings. The molecule has 3 aromatic carbocycles. The fraction of sp³-hybridized carbons (Fsp3) is 0.353. The van der Waals surface area contributed by atoms with Gasteiger partial charge in [-0.15, -0.1) is 0 Å². The van der Waals surface area contributed by atoms with Crippen LogP contribution in [0.2, 0.25) is 0 Å². The Morgan fingerprint density at radius 3 is 2.41 bits per heavy atom. The summed E-state index contributed by atoms with van der Waals surface area (Å²) in [5, 5.41) is 16.5. The van der Waals surface area contributed by atoms with Crippen LogP contribution in [0.3, 0.4) is 0 Å². The molecule has 5 rings (SSSR count). The highest BCUT2D eigenvalue weighted by Crippen LogP contribution is 2.47. The largest absolute Gasteiger partial charge is 0.509 e. The molecule has 2 heterocycles. The standard InChI is InChI=1S/C34H34F5N3O7/c1-33-12-7-13-42(33)41(18-19-8-5-10-23(35)28(19)36)32(45)27(30(33)43)31(44)40-24-17-26(49-15-14-46-2)22(34(37,38)39)16-21(24)20-9-6-11-25(47-3)29(20)48-4/h5-6,8-11,16-17,43H,7,12-15,18H2,1-4H3,(H,40,44)/t33-/m1/s1. The van der Waals surface area contributed by atoms with E-state index in [2.05, 4.69) is 5.32 Å². The third-order valence-electron chi connectivity index (χ3n) is 8.58. The highest BCUT2D eigenvalue weighted by molar-refractivity contribution is 6.24. The summed E-state index contributed by atoms with van der Waals surface area (Å²) in [4.78, 5) is 28.1. The number of nitrogens with zero attached hydrogens (tertiary/aromatic N) is 2. The summed E-state index contributed by atoms with van der Waals surface area (Å²) in [7, 11) is 3.98. The Hall–Kier alpha value is -4.89. The van der Waals surface area contributed by atoms with Crippen LogP contribution in [-0.2, 0) is 27.0 Å². The summed E-state index contributed by atoms with van der Waals surface area (Å²) in [6.45, 7) is 1.08. The van der Waals surface area contributed by atoms with E-state index in [1.807, 2.05) is 0 Å². The molecule has 1 saturated heterocycles. The van der Waals surface area contributed by atoms with Crippen LogP contribution in [-0.4, -0.2) is 73.6 Å². The summed E-state index contributed by atoms with van der Waals surface area (Å²) in [6.07, 6.45) is -4.11. The molecule has 0 aliphatic carbocycles. The Bertz CT molecular complexity index is 1800. The van der Waals surface area contributed by atoms with Crippen LogP contribution < -0.4 is 19.5 Å². The monoisotopic (exact) mass is 691 g/mol. The van der Waals surface area contributed by atoms with E-state index in [1.54, 1.807) is 6.92 Å². The van der Waals surface area contributed by atoms with Crippen molar-refractivity contribution < 1.29 is 55.6 Å². The smallest absolute Gasteiger partial charge is 0.419 e. The summed E-state index contributed by atoms with van der Waals surface area (Å²) in [5.74, 6) is -5.48. The number of amides is 2. The van der Waals surface area contributed by atoms with Crippen molar-refractivity contribution >= 4 is 17.5 Å². The van der Waals surface area contributed by atoms with Gasteiger partial charge in [-0.25, -0.2) is 13.8 Å². The van der Waals surface area contributed by atoms with Crippen LogP contribution >= 0.6 is 0 Å². The number of carbonyl (C=O) groups excluding carboxylic acids is 2. The van der Waals surface area contributed by atoms with Gasteiger partial charge in [0.15, 0.2) is 23.1 Å². The molecule has 0 bridgehead atoms. The zero-order valence-electron chi connectivity index (χ0n) is 27.0. The molecule has 2 amide bonds. The Morgan fingerprint density at radius 1 is 1.00 bits per heavy atom. The Balaban J connectivity index is 1.64. The lowest BCUT2D eigenvalue weighted by Crippen LogP contribution is -2.60. The van der Waals surface area contributed by atoms with Crippen molar-refractivity contribution in [3.8, 4) is 28.4 Å². The molecule has 49 heavy (non-hydrogen) atoms. The normalized spacial score (nSPS) is 18.1. The second-order valence-electron chi connectivity index (χ2n) is 11.5. The first-order chi connectivity index (χ1) is 23.3. The highest BCUT2D eigenvalue weighted by Gasteiger charge is 2.53. The number of hydrogen-bond acceptors (Lipinski definition) is 8. The number of aliphatic hydroxyl groups is 1. The first-order valence-electron chi connectivity index (χ1n) is 15.1. The third kappa shape index (κ3) is 6.59. The maximum absolute atomic E-state index is 14.7. The van der Waals surface area contributed by atoms with Crippen molar-refractivity contribution in [2.45, 2.75) is 38.0 Å². The van der Waals surface area contributed by atoms with Crippen LogP contribution in [0.4, 0.5) is 27.6 Å². The first kappa shape index (κ1) is 35.4. The number of hydrazine groups is 1. The number of ether oxygens (including phenoxy) is 4. The van der Waals surface area contributed by atoms with Gasteiger partial charge in [0.05, 0.1) is 44.2 Å². The molecule has 2 aliphatic rings. The van der Waals surface area contributed by atoms with Gasteiger partial charge in [0.25, 0.3) is 11.8 Å². The van der Waals surface area contributed by atoms with Crippen molar-refractivity contribution in [1.82, 2.24) is 10.0 Å². The van der Waals surface area contributed by atoms with E-state index in [1.165, 1.54) is 56.7 Å². The van der Waals surface area contributed by atoms with Crippen LogP contribution in [0.15, 0.2) is 59.9 Å². The van der Waals surface area contributed by atoms with E-state index in [0.717, 1.165) is 23.2 Å². The molecule has 0 unspecified atom stereocenters. The minimum Gasteiger partial charge on any atom is -0.509 e. The lowest BCUT2D eigenvalue weighted by Gasteiger charge is -2.46. The second kappa shape index (κ2) is 13.9. The van der Waals surface area contributed by atoms with Gasteiger partial charge in [0.1, 0.15) is 23.7 Å². The summed E-state index contributed by atoms with van der Waals surface area (Å²) < 4.78 is 93.2. The number of halogens is 5. The fourth-order valence-corrected chi connectivity index (χ4v) is 6.15. The van der Waals surface area contributed by atoms with Crippen molar-refractivity contribution in [1.29, 1.82) is 0 Å². The Kier molecular flexibility index (Phi) is 10.1. The van der Waals surface area contributed by atoms with Crippen molar-refractivity contribution in [3.63, 3.8) is 0 Å². The molecule has 0 aromatic heterocycles. The Morgan fingerprint density at radius 2 is 1.73 bits per heavy atom.